The summed E-state index contributed by atoms with van der Waals surface area (Å²) < 4.78 is 41.9. The number of sulfonamides is 1. The molecule has 5 rings (SSSR count). The number of aryl methyl sites for hydroxylation is 1. The lowest BCUT2D eigenvalue weighted by Crippen LogP contribution is -2.39. The monoisotopic (exact) mass is 549 g/mol. The number of fused-ring (bicyclic) bond motifs is 1. The average Bonchev–Trinajstić information content (AvgIpc) is 3.40. The summed E-state index contributed by atoms with van der Waals surface area (Å²) in [7, 11) is -3.61. The lowest BCUT2D eigenvalue weighted by molar-refractivity contribution is 0.0607. The zero-order valence-electron chi connectivity index (χ0n) is 20.6. The number of nitrogens with zero attached hydrogens (tertiary/aromatic N) is 5. The van der Waals surface area contributed by atoms with Gasteiger partial charge < -0.3 is 15.5 Å². The number of amides is 1. The first kappa shape index (κ1) is 25.7. The smallest absolute Gasteiger partial charge is 0.256 e. The Morgan fingerprint density at radius 2 is 2.03 bits per heavy atom. The second-order valence-electron chi connectivity index (χ2n) is 9.78. The van der Waals surface area contributed by atoms with Gasteiger partial charge in [-0.15, -0.1) is 0 Å². The maximum Gasteiger partial charge on any atom is 0.256 e. The van der Waals surface area contributed by atoms with Gasteiger partial charge in [-0.1, -0.05) is 11.6 Å². The quantitative estimate of drug-likeness (QED) is 0.501. The molecule has 3 aromatic rings. The van der Waals surface area contributed by atoms with Crippen LogP contribution in [0.25, 0.3) is 5.65 Å². The predicted molar refractivity (Wildman–Crippen MR) is 140 cm³/mol. The van der Waals surface area contributed by atoms with Gasteiger partial charge in [0.05, 0.1) is 41.8 Å². The largest absolute Gasteiger partial charge is 0.352 e. The minimum Gasteiger partial charge on any atom is -0.352 e. The van der Waals surface area contributed by atoms with E-state index in [4.69, 9.17) is 27.4 Å². The van der Waals surface area contributed by atoms with E-state index in [1.807, 2.05) is 24.1 Å². The van der Waals surface area contributed by atoms with Crippen molar-refractivity contribution in [1.29, 1.82) is 0 Å². The lowest BCUT2D eigenvalue weighted by Gasteiger charge is -2.35. The average molecular weight is 550 g/mol. The van der Waals surface area contributed by atoms with Crippen LogP contribution in [-0.2, 0) is 10.0 Å². The van der Waals surface area contributed by atoms with Gasteiger partial charge in [0.2, 0.25) is 10.0 Å². The SMILES string of the molecule is Cc1cn2nc([C@@H]3CCCCN3C(=O)c3cc(Cl)ccc3NS(C)(=O)=O)cc2nc1N1CC(N)C(F)C1. The molecule has 13 heteroatoms. The standard InChI is InChI=1S/C24H29ClFN7O3S/c1-14-11-33-22(28-23(14)31-12-17(26)18(27)13-31)10-20(29-33)21-5-3-4-8-32(21)24(34)16-9-15(25)6-7-19(16)30-37(2,35)36/h6-7,9-11,17-18,21,30H,3-5,8,12-13,27H2,1-2H3/t17?,18?,21-/m0/s1. The molecular formula is C24H29ClFN7O3S. The van der Waals surface area contributed by atoms with Gasteiger partial charge in [-0.25, -0.2) is 22.3 Å². The molecule has 2 fully saturated rings. The molecule has 2 unspecified atom stereocenters. The topological polar surface area (TPSA) is 126 Å². The summed E-state index contributed by atoms with van der Waals surface area (Å²) in [5.41, 5.74) is 8.33. The molecule has 2 aromatic heterocycles. The van der Waals surface area contributed by atoms with E-state index in [0.717, 1.165) is 24.7 Å². The highest BCUT2D eigenvalue weighted by Crippen LogP contribution is 2.34. The fourth-order valence-electron chi connectivity index (χ4n) is 5.08. The van der Waals surface area contributed by atoms with Crippen molar-refractivity contribution in [2.24, 2.45) is 5.73 Å². The highest BCUT2D eigenvalue weighted by molar-refractivity contribution is 7.92. The molecule has 10 nitrogen and oxygen atoms in total. The Bertz CT molecular complexity index is 1450. The Morgan fingerprint density at radius 1 is 1.24 bits per heavy atom. The zero-order chi connectivity index (χ0) is 26.5. The number of piperidine rings is 1. The minimum absolute atomic E-state index is 0.174. The molecule has 2 saturated heterocycles. The first-order valence-corrected chi connectivity index (χ1v) is 14.4. The molecule has 2 aliphatic heterocycles. The predicted octanol–water partition coefficient (Wildman–Crippen LogP) is 2.92. The molecule has 3 N–H and O–H groups in total. The summed E-state index contributed by atoms with van der Waals surface area (Å²) in [5.74, 6) is 0.335. The Morgan fingerprint density at radius 3 is 2.73 bits per heavy atom. The lowest BCUT2D eigenvalue weighted by atomic mass is 9.98. The van der Waals surface area contributed by atoms with Crippen molar-refractivity contribution in [2.75, 3.05) is 35.5 Å². The highest BCUT2D eigenvalue weighted by Gasteiger charge is 2.34. The molecule has 1 amide bonds. The van der Waals surface area contributed by atoms with Gasteiger partial charge >= 0.3 is 0 Å². The number of carbonyl (C=O) groups is 1. The minimum atomic E-state index is -3.61. The molecular weight excluding hydrogens is 521 g/mol. The third kappa shape index (κ3) is 5.23. The number of carbonyl (C=O) groups excluding carboxylic acids is 1. The summed E-state index contributed by atoms with van der Waals surface area (Å²) in [6, 6.07) is 5.46. The van der Waals surface area contributed by atoms with Gasteiger partial charge in [0.1, 0.15) is 12.0 Å². The summed E-state index contributed by atoms with van der Waals surface area (Å²) in [6.07, 6.45) is 4.19. The third-order valence-corrected chi connectivity index (χ3v) is 7.65. The van der Waals surface area contributed by atoms with Gasteiger partial charge in [-0.2, -0.15) is 5.10 Å². The zero-order valence-corrected chi connectivity index (χ0v) is 22.1. The van der Waals surface area contributed by atoms with Crippen molar-refractivity contribution >= 4 is 44.7 Å². The van der Waals surface area contributed by atoms with Crippen LogP contribution in [0.1, 0.15) is 46.9 Å². The molecule has 2 aliphatic rings. The van der Waals surface area contributed by atoms with Crippen LogP contribution in [-0.4, -0.2) is 71.9 Å². The van der Waals surface area contributed by atoms with E-state index in [0.29, 0.717) is 41.7 Å². The molecule has 0 spiro atoms. The van der Waals surface area contributed by atoms with E-state index in [-0.39, 0.29) is 29.7 Å². The van der Waals surface area contributed by atoms with Gasteiger partial charge in [0.25, 0.3) is 5.91 Å². The molecule has 198 valence electrons. The second-order valence-corrected chi connectivity index (χ2v) is 12.0. The summed E-state index contributed by atoms with van der Waals surface area (Å²) in [6.45, 7) is 2.97. The Hall–Kier alpha value is -2.96. The van der Waals surface area contributed by atoms with Crippen LogP contribution >= 0.6 is 11.6 Å². The van der Waals surface area contributed by atoms with Crippen LogP contribution < -0.4 is 15.4 Å². The first-order chi connectivity index (χ1) is 17.5. The molecule has 0 bridgehead atoms. The maximum absolute atomic E-state index is 14.1. The Balaban J connectivity index is 1.48. The molecule has 0 aliphatic carbocycles. The van der Waals surface area contributed by atoms with Gasteiger partial charge in [-0.05, 0) is 44.4 Å². The van der Waals surface area contributed by atoms with Gasteiger partial charge in [0.15, 0.2) is 5.65 Å². The Labute approximate surface area is 219 Å². The molecule has 3 atom stereocenters. The van der Waals surface area contributed by atoms with E-state index in [9.17, 15) is 17.6 Å². The van der Waals surface area contributed by atoms with Crippen molar-refractivity contribution in [3.05, 3.63) is 52.3 Å². The number of likely N-dealkylation sites (tertiary alicyclic amines) is 1. The molecule has 0 saturated carbocycles. The molecule has 4 heterocycles. The fourth-order valence-corrected chi connectivity index (χ4v) is 5.83. The van der Waals surface area contributed by atoms with Gasteiger partial charge in [-0.3, -0.25) is 9.52 Å². The molecule has 37 heavy (non-hydrogen) atoms. The fraction of sp³-hybridized carbons (Fsp3) is 0.458. The number of anilines is 2. The van der Waals surface area contributed by atoms with Crippen LogP contribution in [0.2, 0.25) is 5.02 Å². The summed E-state index contributed by atoms with van der Waals surface area (Å²) >= 11 is 6.17. The van der Waals surface area contributed by atoms with Crippen LogP contribution in [0.15, 0.2) is 30.5 Å². The van der Waals surface area contributed by atoms with Crippen LogP contribution in [0.4, 0.5) is 15.9 Å². The maximum atomic E-state index is 14.1. The number of halogens is 2. The van der Waals surface area contributed by atoms with E-state index in [2.05, 4.69) is 4.72 Å². The number of rotatable bonds is 5. The van der Waals surface area contributed by atoms with Crippen molar-refractivity contribution < 1.29 is 17.6 Å². The first-order valence-electron chi connectivity index (χ1n) is 12.1. The van der Waals surface area contributed by atoms with Crippen LogP contribution in [0.5, 0.6) is 0 Å². The summed E-state index contributed by atoms with van der Waals surface area (Å²) in [4.78, 5) is 22.0. The number of hydrogen-bond acceptors (Lipinski definition) is 7. The Kier molecular flexibility index (Phi) is 6.75. The van der Waals surface area contributed by atoms with E-state index < -0.39 is 22.2 Å². The number of alkyl halides is 1. The normalized spacial score (nSPS) is 22.6. The number of nitrogens with one attached hydrogen (secondary N) is 1. The van der Waals surface area contributed by atoms with Crippen LogP contribution in [0, 0.1) is 6.92 Å². The number of nitrogens with two attached hydrogens (primary N) is 1. The second kappa shape index (κ2) is 9.73. The third-order valence-electron chi connectivity index (χ3n) is 6.83. The molecule has 0 radical (unpaired) electrons. The highest BCUT2D eigenvalue weighted by atomic mass is 35.5. The van der Waals surface area contributed by atoms with Crippen molar-refractivity contribution in [1.82, 2.24) is 19.5 Å². The van der Waals surface area contributed by atoms with Crippen LogP contribution in [0.3, 0.4) is 0 Å². The van der Waals surface area contributed by atoms with Crippen molar-refractivity contribution in [3.63, 3.8) is 0 Å². The summed E-state index contributed by atoms with van der Waals surface area (Å²) in [5, 5.41) is 5.05. The molecule has 1 aromatic carbocycles. The number of aromatic nitrogens is 3. The van der Waals surface area contributed by atoms with Crippen molar-refractivity contribution in [3.8, 4) is 0 Å². The van der Waals surface area contributed by atoms with E-state index in [1.165, 1.54) is 18.2 Å². The van der Waals surface area contributed by atoms with Crippen molar-refractivity contribution in [2.45, 2.75) is 44.4 Å². The van der Waals surface area contributed by atoms with E-state index >= 15 is 0 Å². The van der Waals surface area contributed by atoms with Gasteiger partial charge in [0, 0.05) is 35.9 Å². The number of hydrogen-bond donors (Lipinski definition) is 2. The van der Waals surface area contributed by atoms with E-state index in [1.54, 1.807) is 9.42 Å². The number of benzene rings is 1.